The molecule has 106 valence electrons. The maximum atomic E-state index is 13.0. The minimum atomic E-state index is -1.12. The molecular weight excluding hydrogens is 285 g/mol. The van der Waals surface area contributed by atoms with Crippen molar-refractivity contribution in [3.8, 4) is 0 Å². The van der Waals surface area contributed by atoms with Crippen LogP contribution in [0.2, 0.25) is 5.02 Å². The summed E-state index contributed by atoms with van der Waals surface area (Å²) in [7, 11) is 0. The summed E-state index contributed by atoms with van der Waals surface area (Å²) in [4.78, 5) is 11.1. The molecule has 1 aromatic heterocycles. The Labute approximate surface area is 120 Å². The molecule has 2 aromatic rings. The number of aromatic carboxylic acids is 1. The third-order valence-corrected chi connectivity index (χ3v) is 3.21. The van der Waals surface area contributed by atoms with Crippen molar-refractivity contribution in [3.05, 3.63) is 46.0 Å². The van der Waals surface area contributed by atoms with E-state index < -0.39 is 11.8 Å². The Hall–Kier alpha value is -1.95. The van der Waals surface area contributed by atoms with Crippen LogP contribution in [0.1, 0.15) is 41.5 Å². The molecule has 2 rings (SSSR count). The number of nitrogens with zero attached hydrogens (tertiary/aromatic N) is 3. The van der Waals surface area contributed by atoms with Gasteiger partial charge < -0.3 is 5.11 Å². The fraction of sp³-hybridized carbons (Fsp3) is 0.308. The Bertz CT molecular complexity index is 655. The predicted molar refractivity (Wildman–Crippen MR) is 71.6 cm³/mol. The van der Waals surface area contributed by atoms with Crippen molar-refractivity contribution >= 4 is 17.6 Å². The van der Waals surface area contributed by atoms with Crippen LogP contribution in [-0.2, 0) is 6.54 Å². The van der Waals surface area contributed by atoms with Gasteiger partial charge >= 0.3 is 5.97 Å². The first kappa shape index (κ1) is 14.5. The van der Waals surface area contributed by atoms with Gasteiger partial charge in [-0.15, -0.1) is 5.10 Å². The number of carboxylic acid groups (broad SMARTS) is 1. The number of halogens is 2. The van der Waals surface area contributed by atoms with Crippen LogP contribution in [0.3, 0.4) is 0 Å². The molecule has 0 saturated heterocycles. The summed E-state index contributed by atoms with van der Waals surface area (Å²) in [5.41, 5.74) is 1.09. The van der Waals surface area contributed by atoms with Crippen LogP contribution in [0.15, 0.2) is 18.2 Å². The van der Waals surface area contributed by atoms with Gasteiger partial charge in [0.05, 0.1) is 12.2 Å². The highest BCUT2D eigenvalue weighted by atomic mass is 35.5. The van der Waals surface area contributed by atoms with Crippen molar-refractivity contribution in [3.63, 3.8) is 0 Å². The van der Waals surface area contributed by atoms with Gasteiger partial charge in [-0.25, -0.2) is 13.9 Å². The zero-order chi connectivity index (χ0) is 14.9. The summed E-state index contributed by atoms with van der Waals surface area (Å²) < 4.78 is 14.5. The normalized spacial score (nSPS) is 11.1. The van der Waals surface area contributed by atoms with Gasteiger partial charge in [0.1, 0.15) is 5.82 Å². The molecule has 0 bridgehead atoms. The van der Waals surface area contributed by atoms with Gasteiger partial charge in [0, 0.05) is 5.02 Å². The molecule has 20 heavy (non-hydrogen) atoms. The number of aromatic nitrogens is 3. The summed E-state index contributed by atoms with van der Waals surface area (Å²) in [6, 6.07) is 4.05. The number of hydrogen-bond acceptors (Lipinski definition) is 3. The Kier molecular flexibility index (Phi) is 4.04. The highest BCUT2D eigenvalue weighted by Crippen LogP contribution is 2.22. The van der Waals surface area contributed by atoms with E-state index in [4.69, 9.17) is 16.7 Å². The van der Waals surface area contributed by atoms with Gasteiger partial charge in [-0.2, -0.15) is 0 Å². The van der Waals surface area contributed by atoms with Crippen LogP contribution < -0.4 is 0 Å². The first-order valence-corrected chi connectivity index (χ1v) is 6.38. The zero-order valence-electron chi connectivity index (χ0n) is 11.0. The Morgan fingerprint density at radius 1 is 1.50 bits per heavy atom. The molecule has 7 heteroatoms. The van der Waals surface area contributed by atoms with Gasteiger partial charge in [-0.05, 0) is 23.6 Å². The van der Waals surface area contributed by atoms with Crippen molar-refractivity contribution < 1.29 is 14.3 Å². The average Bonchev–Trinajstić information content (AvgIpc) is 2.76. The van der Waals surface area contributed by atoms with Crippen LogP contribution >= 0.6 is 11.6 Å². The second-order valence-corrected chi connectivity index (χ2v) is 5.08. The number of rotatable bonds is 4. The van der Waals surface area contributed by atoms with E-state index in [1.807, 2.05) is 13.8 Å². The van der Waals surface area contributed by atoms with Crippen LogP contribution in [0.5, 0.6) is 0 Å². The molecule has 0 amide bonds. The molecule has 1 N–H and O–H groups in total. The molecule has 1 heterocycles. The first-order valence-electron chi connectivity index (χ1n) is 6.00. The minimum absolute atomic E-state index is 0.0599. The first-order chi connectivity index (χ1) is 9.40. The molecule has 0 fully saturated rings. The molecule has 0 unspecified atom stereocenters. The Morgan fingerprint density at radius 3 is 2.75 bits per heavy atom. The Balaban J connectivity index is 2.41. The lowest BCUT2D eigenvalue weighted by atomic mass is 10.1. The van der Waals surface area contributed by atoms with Crippen molar-refractivity contribution in [2.24, 2.45) is 0 Å². The smallest absolute Gasteiger partial charge is 0.358 e. The standard InChI is InChI=1S/C13H13ClFN3O2/c1-7(2)12-11(13(19)20)16-17-18(12)6-8-3-4-9(15)5-10(8)14/h3-5,7H,6H2,1-2H3,(H,19,20). The van der Waals surface area contributed by atoms with Crippen molar-refractivity contribution in [1.82, 2.24) is 15.0 Å². The molecule has 5 nitrogen and oxygen atoms in total. The topological polar surface area (TPSA) is 68.0 Å². The second-order valence-electron chi connectivity index (χ2n) is 4.68. The second kappa shape index (κ2) is 5.58. The van der Waals surface area contributed by atoms with E-state index in [1.165, 1.54) is 16.8 Å². The summed E-state index contributed by atoms with van der Waals surface area (Å²) in [6.45, 7) is 3.95. The minimum Gasteiger partial charge on any atom is -0.476 e. The summed E-state index contributed by atoms with van der Waals surface area (Å²) in [5.74, 6) is -1.60. The zero-order valence-corrected chi connectivity index (χ0v) is 11.7. The van der Waals surface area contributed by atoms with Crippen molar-refractivity contribution in [1.29, 1.82) is 0 Å². The van der Waals surface area contributed by atoms with Crippen LogP contribution in [0.25, 0.3) is 0 Å². The highest BCUT2D eigenvalue weighted by Gasteiger charge is 2.21. The van der Waals surface area contributed by atoms with Gasteiger partial charge in [0.2, 0.25) is 0 Å². The summed E-state index contributed by atoms with van der Waals surface area (Å²) in [5, 5.41) is 16.9. The average molecular weight is 298 g/mol. The number of hydrogen-bond donors (Lipinski definition) is 1. The highest BCUT2D eigenvalue weighted by molar-refractivity contribution is 6.31. The fourth-order valence-electron chi connectivity index (χ4n) is 1.97. The van der Waals surface area contributed by atoms with Crippen molar-refractivity contribution in [2.75, 3.05) is 0 Å². The monoisotopic (exact) mass is 297 g/mol. The lowest BCUT2D eigenvalue weighted by Gasteiger charge is -2.11. The molecule has 0 aliphatic heterocycles. The van der Waals surface area contributed by atoms with Gasteiger partial charge in [-0.3, -0.25) is 0 Å². The lowest BCUT2D eigenvalue weighted by Crippen LogP contribution is -2.11. The van der Waals surface area contributed by atoms with Crippen molar-refractivity contribution in [2.45, 2.75) is 26.3 Å². The maximum Gasteiger partial charge on any atom is 0.358 e. The molecule has 0 aliphatic rings. The molecule has 1 aromatic carbocycles. The number of benzene rings is 1. The largest absolute Gasteiger partial charge is 0.476 e. The molecule has 0 atom stereocenters. The molecular formula is C13H13ClFN3O2. The van der Waals surface area contributed by atoms with Crippen LogP contribution in [0, 0.1) is 5.82 Å². The van der Waals surface area contributed by atoms with E-state index >= 15 is 0 Å². The van der Waals surface area contributed by atoms with Crippen LogP contribution in [0.4, 0.5) is 4.39 Å². The van der Waals surface area contributed by atoms with E-state index in [0.717, 1.165) is 0 Å². The third-order valence-electron chi connectivity index (χ3n) is 2.86. The molecule has 0 aliphatic carbocycles. The molecule has 0 radical (unpaired) electrons. The predicted octanol–water partition coefficient (Wildman–Crippen LogP) is 2.94. The third kappa shape index (κ3) is 2.80. The SMILES string of the molecule is CC(C)c1c(C(=O)O)nnn1Cc1ccc(F)cc1Cl. The quantitative estimate of drug-likeness (QED) is 0.942. The number of carboxylic acids is 1. The van der Waals surface area contributed by atoms with Gasteiger partial charge in [0.25, 0.3) is 0 Å². The van der Waals surface area contributed by atoms with E-state index in [9.17, 15) is 9.18 Å². The van der Waals surface area contributed by atoms with Gasteiger partial charge in [0.15, 0.2) is 5.69 Å². The summed E-state index contributed by atoms with van der Waals surface area (Å²) >= 11 is 5.96. The number of carbonyl (C=O) groups is 1. The van der Waals surface area contributed by atoms with E-state index in [2.05, 4.69) is 10.3 Å². The van der Waals surface area contributed by atoms with E-state index in [0.29, 0.717) is 11.3 Å². The van der Waals surface area contributed by atoms with E-state index in [-0.39, 0.29) is 23.2 Å². The molecule has 0 saturated carbocycles. The Morgan fingerprint density at radius 2 is 2.20 bits per heavy atom. The summed E-state index contributed by atoms with van der Waals surface area (Å²) in [6.07, 6.45) is 0. The lowest BCUT2D eigenvalue weighted by molar-refractivity contribution is 0.0688. The van der Waals surface area contributed by atoms with Crippen LogP contribution in [-0.4, -0.2) is 26.1 Å². The van der Waals surface area contributed by atoms with Gasteiger partial charge in [-0.1, -0.05) is 36.7 Å². The van der Waals surface area contributed by atoms with E-state index in [1.54, 1.807) is 6.07 Å². The molecule has 0 spiro atoms. The maximum absolute atomic E-state index is 13.0. The fourth-order valence-corrected chi connectivity index (χ4v) is 2.20.